The molecule has 0 saturated carbocycles. The van der Waals surface area contributed by atoms with Gasteiger partial charge in [-0.05, 0) is 63.3 Å². The zero-order valence-electron chi connectivity index (χ0n) is 50.3. The average Bonchev–Trinajstić information content (AvgIpc) is 3.49. The quantitative estimate of drug-likeness (QED) is 0.0213. The van der Waals surface area contributed by atoms with Crippen molar-refractivity contribution in [2.75, 3.05) is 132 Å². The SMILES string of the molecule is CCCCCCCCCCCCCCC(C)(NCCOCCOCC(=O)NCCOCCOCC=O)OCCOCCNC(=O)COCCOCCNC(=O)CC[C@H](NC(=O)CCCCCCCCCOc1ccc(C(=O)O)cc1)C(=O)O. The summed E-state index contributed by atoms with van der Waals surface area (Å²) in [4.78, 5) is 82.0. The molecule has 1 unspecified atom stereocenters. The van der Waals surface area contributed by atoms with Gasteiger partial charge in [0.1, 0.15) is 43.6 Å². The second-order valence-corrected chi connectivity index (χ2v) is 20.4. The van der Waals surface area contributed by atoms with Crippen LogP contribution in [0.25, 0.3) is 0 Å². The summed E-state index contributed by atoms with van der Waals surface area (Å²) in [6, 6.07) is 5.14. The number of carboxylic acid groups (broad SMARTS) is 2. The number of unbranched alkanes of at least 4 members (excludes halogenated alkanes) is 17. The summed E-state index contributed by atoms with van der Waals surface area (Å²) in [5.41, 5.74) is -0.371. The first-order valence-corrected chi connectivity index (χ1v) is 30.5. The van der Waals surface area contributed by atoms with Gasteiger partial charge in [0.15, 0.2) is 0 Å². The molecule has 0 aromatic heterocycles. The predicted molar refractivity (Wildman–Crippen MR) is 314 cm³/mol. The number of ether oxygens (including phenoxy) is 9. The molecule has 2 atom stereocenters. The van der Waals surface area contributed by atoms with Gasteiger partial charge >= 0.3 is 11.9 Å². The minimum atomic E-state index is -1.20. The molecule has 83 heavy (non-hydrogen) atoms. The number of hydrogen-bond acceptors (Lipinski definition) is 17. The Morgan fingerprint density at radius 1 is 0.494 bits per heavy atom. The monoisotopic (exact) mass is 1180 g/mol. The van der Waals surface area contributed by atoms with Crippen molar-refractivity contribution < 1.29 is 86.4 Å². The number of aromatic carboxylic acids is 1. The third kappa shape index (κ3) is 49.2. The summed E-state index contributed by atoms with van der Waals surface area (Å²) in [6.07, 6.45) is 23.1. The Hall–Kier alpha value is -4.85. The number of aliphatic carboxylic acids is 1. The van der Waals surface area contributed by atoms with Crippen LogP contribution in [-0.2, 0) is 66.7 Å². The van der Waals surface area contributed by atoms with Crippen LogP contribution in [0, 0.1) is 0 Å². The lowest BCUT2D eigenvalue weighted by molar-refractivity contribution is -0.142. The molecule has 0 fully saturated rings. The molecule has 0 heterocycles. The zero-order valence-corrected chi connectivity index (χ0v) is 50.3. The van der Waals surface area contributed by atoms with Crippen molar-refractivity contribution in [3.8, 4) is 5.75 Å². The van der Waals surface area contributed by atoms with Gasteiger partial charge in [-0.3, -0.25) is 24.5 Å². The highest BCUT2D eigenvalue weighted by atomic mass is 16.6. The smallest absolute Gasteiger partial charge is 0.335 e. The number of hydrogen-bond donors (Lipinski definition) is 7. The van der Waals surface area contributed by atoms with E-state index in [0.717, 1.165) is 57.8 Å². The van der Waals surface area contributed by atoms with Crippen molar-refractivity contribution in [3.63, 3.8) is 0 Å². The van der Waals surface area contributed by atoms with Gasteiger partial charge in [0, 0.05) is 39.0 Å². The van der Waals surface area contributed by atoms with Gasteiger partial charge < -0.3 is 78.9 Å². The molecule has 7 N–H and O–H groups in total. The Kier molecular flexibility index (Phi) is 50.5. The van der Waals surface area contributed by atoms with Crippen LogP contribution in [-0.4, -0.2) is 196 Å². The molecule has 0 aliphatic carbocycles. The van der Waals surface area contributed by atoms with Gasteiger partial charge in [-0.1, -0.05) is 110 Å². The van der Waals surface area contributed by atoms with E-state index in [1.165, 1.54) is 76.3 Å². The van der Waals surface area contributed by atoms with Crippen LogP contribution in [0.4, 0.5) is 0 Å². The number of carboxylic acids is 2. The lowest BCUT2D eigenvalue weighted by Crippen LogP contribution is -2.47. The largest absolute Gasteiger partial charge is 0.494 e. The molecule has 0 bridgehead atoms. The highest BCUT2D eigenvalue weighted by molar-refractivity contribution is 5.87. The standard InChI is InChI=1S/C60H105N5O18/c1-3-4-5-6-7-8-9-10-11-14-17-20-29-60(2,64-33-39-78-44-46-81-50-56(69)62-31-37-75-41-42-79-40-34-66)83-48-47-77-38-32-63-57(70)49-80-45-43-76-36-30-61-54(67)28-27-53(59(73)74)65-55(68)22-19-16-13-12-15-18-21-35-82-52-25-23-51(24-26-52)58(71)72/h23-26,34,53,64H,3-22,27-33,35-50H2,1-2H3,(H,61,67)(H,62,69)(H,63,70)(H,65,68)(H,71,72)(H,73,74)/t53-,60?/m0/s1. The fourth-order valence-electron chi connectivity index (χ4n) is 8.38. The molecule has 1 aromatic carbocycles. The van der Waals surface area contributed by atoms with Gasteiger partial charge in [0.25, 0.3) is 0 Å². The van der Waals surface area contributed by atoms with E-state index in [0.29, 0.717) is 97.6 Å². The average molecular weight is 1180 g/mol. The summed E-state index contributed by atoms with van der Waals surface area (Å²) in [6.45, 7) is 9.59. The van der Waals surface area contributed by atoms with Gasteiger partial charge in [0.2, 0.25) is 23.6 Å². The molecular weight excluding hydrogens is 1080 g/mol. The minimum absolute atomic E-state index is 0.0358. The lowest BCUT2D eigenvalue weighted by Gasteiger charge is -2.31. The van der Waals surface area contributed by atoms with Gasteiger partial charge in [0.05, 0.1) is 91.5 Å². The van der Waals surface area contributed by atoms with E-state index in [-0.39, 0.29) is 101 Å². The highest BCUT2D eigenvalue weighted by Crippen LogP contribution is 2.19. The number of rotatable bonds is 62. The summed E-state index contributed by atoms with van der Waals surface area (Å²) in [7, 11) is 0. The number of nitrogens with one attached hydrogen (secondary N) is 5. The molecule has 478 valence electrons. The molecule has 0 aliphatic heterocycles. The van der Waals surface area contributed by atoms with Crippen molar-refractivity contribution in [2.45, 2.75) is 173 Å². The topological polar surface area (TPSA) is 303 Å². The fraction of sp³-hybridized carbons (Fsp3) is 0.783. The van der Waals surface area contributed by atoms with Crippen molar-refractivity contribution in [1.29, 1.82) is 0 Å². The molecule has 4 amide bonds. The maximum Gasteiger partial charge on any atom is 0.335 e. The lowest BCUT2D eigenvalue weighted by atomic mass is 10.0. The van der Waals surface area contributed by atoms with E-state index in [1.54, 1.807) is 12.1 Å². The number of carbonyl (C=O) groups excluding carboxylic acids is 5. The van der Waals surface area contributed by atoms with Crippen LogP contribution in [0.5, 0.6) is 5.75 Å². The Bertz CT molecular complexity index is 1800. The Morgan fingerprint density at radius 2 is 0.952 bits per heavy atom. The molecule has 23 heteroatoms. The van der Waals surface area contributed by atoms with E-state index < -0.39 is 23.7 Å². The summed E-state index contributed by atoms with van der Waals surface area (Å²) < 4.78 is 50.1. The summed E-state index contributed by atoms with van der Waals surface area (Å²) in [5, 5.41) is 32.8. The molecular formula is C60H105N5O18. The number of carbonyl (C=O) groups is 7. The van der Waals surface area contributed by atoms with Gasteiger partial charge in [-0.15, -0.1) is 0 Å². The molecule has 1 rings (SSSR count). The van der Waals surface area contributed by atoms with Crippen molar-refractivity contribution in [1.82, 2.24) is 26.6 Å². The Labute approximate surface area is 494 Å². The zero-order chi connectivity index (χ0) is 60.5. The molecule has 0 saturated heterocycles. The third-order valence-corrected chi connectivity index (χ3v) is 13.1. The van der Waals surface area contributed by atoms with E-state index in [4.69, 9.17) is 47.7 Å². The Balaban J connectivity index is 2.16. The number of aldehydes is 1. The van der Waals surface area contributed by atoms with Crippen LogP contribution in [0.3, 0.4) is 0 Å². The van der Waals surface area contributed by atoms with Crippen molar-refractivity contribution >= 4 is 41.9 Å². The summed E-state index contributed by atoms with van der Waals surface area (Å²) >= 11 is 0. The normalized spacial score (nSPS) is 12.3. The molecule has 0 aliphatic rings. The van der Waals surface area contributed by atoms with Crippen LogP contribution in [0.2, 0.25) is 0 Å². The summed E-state index contributed by atoms with van der Waals surface area (Å²) in [5.74, 6) is -2.82. The minimum Gasteiger partial charge on any atom is -0.494 e. The molecule has 1 aromatic rings. The van der Waals surface area contributed by atoms with Crippen molar-refractivity contribution in [2.24, 2.45) is 0 Å². The van der Waals surface area contributed by atoms with Gasteiger partial charge in [-0.25, -0.2) is 9.59 Å². The predicted octanol–water partition coefficient (Wildman–Crippen LogP) is 6.31. The second kappa shape index (κ2) is 55.0. The third-order valence-electron chi connectivity index (χ3n) is 13.1. The first-order valence-electron chi connectivity index (χ1n) is 30.5. The van der Waals surface area contributed by atoms with Gasteiger partial charge in [-0.2, -0.15) is 0 Å². The molecule has 0 radical (unpaired) electrons. The van der Waals surface area contributed by atoms with Crippen LogP contribution >= 0.6 is 0 Å². The van der Waals surface area contributed by atoms with E-state index in [1.807, 2.05) is 6.92 Å². The maximum absolute atomic E-state index is 12.4. The van der Waals surface area contributed by atoms with E-state index in [2.05, 4.69) is 33.5 Å². The number of benzene rings is 1. The molecule has 0 spiro atoms. The number of amides is 4. The van der Waals surface area contributed by atoms with Crippen molar-refractivity contribution in [3.05, 3.63) is 29.8 Å². The van der Waals surface area contributed by atoms with E-state index in [9.17, 15) is 38.7 Å². The second-order valence-electron chi connectivity index (χ2n) is 20.4. The van der Waals surface area contributed by atoms with Crippen LogP contribution in [0.15, 0.2) is 24.3 Å². The first-order chi connectivity index (χ1) is 40.4. The van der Waals surface area contributed by atoms with Crippen LogP contribution < -0.4 is 31.3 Å². The highest BCUT2D eigenvalue weighted by Gasteiger charge is 2.24. The Morgan fingerprint density at radius 3 is 1.47 bits per heavy atom. The first kappa shape index (κ1) is 76.2. The molecule has 23 nitrogen and oxygen atoms in total. The maximum atomic E-state index is 12.4. The fourth-order valence-corrected chi connectivity index (χ4v) is 8.38. The van der Waals surface area contributed by atoms with E-state index >= 15 is 0 Å². The van der Waals surface area contributed by atoms with Crippen LogP contribution in [0.1, 0.15) is 172 Å².